The van der Waals surface area contributed by atoms with Crippen LogP contribution in [0.5, 0.6) is 5.75 Å². The molecule has 8 nitrogen and oxygen atoms in total. The standard InChI is InChI=1S/C23H24N4O4/c1-15(28)24-16-6-5-7-17(12-16)25-22(29)14-31-18-9-10-20-19(13-18)23(30)27-11-4-2-3-8-21(27)26-20/h5-7,9-10,12-13H,2-4,8,11,14H2,1H3,(H,24,28)(H,25,29). The zero-order valence-electron chi connectivity index (χ0n) is 17.3. The van der Waals surface area contributed by atoms with Crippen LogP contribution in [0.25, 0.3) is 10.9 Å². The first-order valence-corrected chi connectivity index (χ1v) is 10.3. The van der Waals surface area contributed by atoms with Crippen LogP contribution in [0.3, 0.4) is 0 Å². The Morgan fingerprint density at radius 3 is 2.68 bits per heavy atom. The van der Waals surface area contributed by atoms with Crippen LogP contribution in [0.1, 0.15) is 32.0 Å². The first-order valence-electron chi connectivity index (χ1n) is 10.3. The second-order valence-corrected chi connectivity index (χ2v) is 7.57. The Balaban J connectivity index is 1.45. The number of ether oxygens (including phenoxy) is 1. The fourth-order valence-electron chi connectivity index (χ4n) is 3.71. The van der Waals surface area contributed by atoms with Crippen LogP contribution in [0, 0.1) is 0 Å². The van der Waals surface area contributed by atoms with Gasteiger partial charge in [0, 0.05) is 31.3 Å². The topological polar surface area (TPSA) is 102 Å². The number of aryl methyl sites for hydroxylation is 1. The largest absolute Gasteiger partial charge is 0.484 e. The summed E-state index contributed by atoms with van der Waals surface area (Å²) in [6.45, 7) is 1.89. The second kappa shape index (κ2) is 8.99. The molecule has 0 spiro atoms. The number of hydrogen-bond donors (Lipinski definition) is 2. The van der Waals surface area contributed by atoms with Crippen molar-refractivity contribution in [1.29, 1.82) is 0 Å². The summed E-state index contributed by atoms with van der Waals surface area (Å²) in [5.41, 5.74) is 1.72. The van der Waals surface area contributed by atoms with E-state index in [1.165, 1.54) is 6.92 Å². The van der Waals surface area contributed by atoms with Gasteiger partial charge in [-0.3, -0.25) is 19.0 Å². The first kappa shape index (κ1) is 20.6. The number of aromatic nitrogens is 2. The molecule has 2 heterocycles. The monoisotopic (exact) mass is 420 g/mol. The van der Waals surface area contributed by atoms with Gasteiger partial charge in [0.15, 0.2) is 6.61 Å². The van der Waals surface area contributed by atoms with Gasteiger partial charge in [-0.1, -0.05) is 12.5 Å². The Hall–Kier alpha value is -3.68. The summed E-state index contributed by atoms with van der Waals surface area (Å²) in [5.74, 6) is 0.731. The highest BCUT2D eigenvalue weighted by Crippen LogP contribution is 2.20. The van der Waals surface area contributed by atoms with Gasteiger partial charge in [0.25, 0.3) is 11.5 Å². The zero-order valence-corrected chi connectivity index (χ0v) is 17.3. The number of benzene rings is 2. The number of hydrogen-bond acceptors (Lipinski definition) is 5. The Morgan fingerprint density at radius 1 is 1.06 bits per heavy atom. The summed E-state index contributed by atoms with van der Waals surface area (Å²) in [5, 5.41) is 5.89. The zero-order chi connectivity index (χ0) is 21.8. The van der Waals surface area contributed by atoms with Crippen LogP contribution in [-0.2, 0) is 22.6 Å². The number of amides is 2. The number of nitrogens with zero attached hydrogens (tertiary/aromatic N) is 2. The van der Waals surface area contributed by atoms with E-state index in [1.807, 2.05) is 0 Å². The molecule has 2 aromatic carbocycles. The minimum absolute atomic E-state index is 0.0633. The van der Waals surface area contributed by atoms with E-state index in [0.29, 0.717) is 34.6 Å². The Morgan fingerprint density at radius 2 is 1.87 bits per heavy atom. The number of carbonyl (C=O) groups excluding carboxylic acids is 2. The molecule has 1 aliphatic rings. The summed E-state index contributed by atoms with van der Waals surface area (Å²) in [6.07, 6.45) is 3.92. The number of fused-ring (bicyclic) bond motifs is 2. The normalized spacial score (nSPS) is 13.2. The molecule has 3 aromatic rings. The Labute approximate surface area is 179 Å². The van der Waals surface area contributed by atoms with Crippen molar-refractivity contribution in [3.8, 4) is 5.75 Å². The molecule has 0 fully saturated rings. The van der Waals surface area contributed by atoms with Crippen molar-refractivity contribution >= 4 is 34.1 Å². The number of rotatable bonds is 5. The number of nitrogens with one attached hydrogen (secondary N) is 2. The van der Waals surface area contributed by atoms with Gasteiger partial charge in [-0.05, 0) is 49.2 Å². The first-order chi connectivity index (χ1) is 15.0. The molecule has 2 N–H and O–H groups in total. The van der Waals surface area contributed by atoms with Crippen molar-refractivity contribution in [1.82, 2.24) is 9.55 Å². The lowest BCUT2D eigenvalue weighted by molar-refractivity contribution is -0.118. The van der Waals surface area contributed by atoms with E-state index in [9.17, 15) is 14.4 Å². The molecule has 0 saturated carbocycles. The van der Waals surface area contributed by atoms with E-state index in [-0.39, 0.29) is 24.0 Å². The molecule has 0 radical (unpaired) electrons. The summed E-state index contributed by atoms with van der Waals surface area (Å²) >= 11 is 0. The molecule has 31 heavy (non-hydrogen) atoms. The van der Waals surface area contributed by atoms with Crippen LogP contribution in [0.15, 0.2) is 47.3 Å². The van der Waals surface area contributed by atoms with Gasteiger partial charge < -0.3 is 15.4 Å². The van der Waals surface area contributed by atoms with Gasteiger partial charge in [-0.15, -0.1) is 0 Å². The van der Waals surface area contributed by atoms with E-state index < -0.39 is 0 Å². The van der Waals surface area contributed by atoms with Crippen LogP contribution in [0.2, 0.25) is 0 Å². The smallest absolute Gasteiger partial charge is 0.262 e. The molecule has 0 bridgehead atoms. The average Bonchev–Trinajstić information content (AvgIpc) is 2.98. The predicted octanol–water partition coefficient (Wildman–Crippen LogP) is 3.10. The maximum absolute atomic E-state index is 12.9. The van der Waals surface area contributed by atoms with Crippen molar-refractivity contribution in [2.75, 3.05) is 17.2 Å². The second-order valence-electron chi connectivity index (χ2n) is 7.57. The van der Waals surface area contributed by atoms with E-state index in [0.717, 1.165) is 31.5 Å². The lowest BCUT2D eigenvalue weighted by atomic mass is 10.2. The van der Waals surface area contributed by atoms with Crippen molar-refractivity contribution < 1.29 is 14.3 Å². The summed E-state index contributed by atoms with van der Waals surface area (Å²) < 4.78 is 7.37. The molecule has 0 unspecified atom stereocenters. The van der Waals surface area contributed by atoms with Gasteiger partial charge in [-0.25, -0.2) is 4.98 Å². The number of carbonyl (C=O) groups is 2. The predicted molar refractivity (Wildman–Crippen MR) is 118 cm³/mol. The fraction of sp³-hybridized carbons (Fsp3) is 0.304. The van der Waals surface area contributed by atoms with E-state index in [4.69, 9.17) is 4.74 Å². The highest BCUT2D eigenvalue weighted by molar-refractivity contribution is 5.94. The van der Waals surface area contributed by atoms with Gasteiger partial charge in [0.2, 0.25) is 5.91 Å². The SMILES string of the molecule is CC(=O)Nc1cccc(NC(=O)COc2ccc3nc4n(c(=O)c3c2)CCCCC4)c1. The molecule has 0 aliphatic carbocycles. The molecule has 4 rings (SSSR count). The lowest BCUT2D eigenvalue weighted by Gasteiger charge is -2.12. The van der Waals surface area contributed by atoms with Crippen molar-refractivity contribution in [3.63, 3.8) is 0 Å². The van der Waals surface area contributed by atoms with E-state index in [2.05, 4.69) is 15.6 Å². The summed E-state index contributed by atoms with van der Waals surface area (Å²) in [7, 11) is 0. The lowest BCUT2D eigenvalue weighted by Crippen LogP contribution is -2.24. The Bertz CT molecular complexity index is 1200. The van der Waals surface area contributed by atoms with Gasteiger partial charge in [-0.2, -0.15) is 0 Å². The molecule has 8 heteroatoms. The van der Waals surface area contributed by atoms with Crippen molar-refractivity contribution in [3.05, 3.63) is 58.6 Å². The van der Waals surface area contributed by atoms with Gasteiger partial charge >= 0.3 is 0 Å². The summed E-state index contributed by atoms with van der Waals surface area (Å²) in [6, 6.07) is 12.0. The Kier molecular flexibility index (Phi) is 5.97. The van der Waals surface area contributed by atoms with Gasteiger partial charge in [0.1, 0.15) is 11.6 Å². The molecule has 1 aromatic heterocycles. The highest BCUT2D eigenvalue weighted by Gasteiger charge is 2.14. The third kappa shape index (κ3) is 4.91. The van der Waals surface area contributed by atoms with Crippen LogP contribution in [-0.4, -0.2) is 28.0 Å². The van der Waals surface area contributed by atoms with Crippen LogP contribution < -0.4 is 20.9 Å². The molecule has 1 aliphatic heterocycles. The van der Waals surface area contributed by atoms with Crippen molar-refractivity contribution in [2.24, 2.45) is 0 Å². The highest BCUT2D eigenvalue weighted by atomic mass is 16.5. The minimum Gasteiger partial charge on any atom is -0.484 e. The quantitative estimate of drug-likeness (QED) is 0.660. The third-order valence-electron chi connectivity index (χ3n) is 5.12. The third-order valence-corrected chi connectivity index (χ3v) is 5.12. The molecule has 160 valence electrons. The molecule has 0 saturated heterocycles. The molecular formula is C23H24N4O4. The van der Waals surface area contributed by atoms with E-state index in [1.54, 1.807) is 47.0 Å². The van der Waals surface area contributed by atoms with Crippen molar-refractivity contribution in [2.45, 2.75) is 39.2 Å². The maximum atomic E-state index is 12.9. The fourth-order valence-corrected chi connectivity index (χ4v) is 3.71. The van der Waals surface area contributed by atoms with Gasteiger partial charge in [0.05, 0.1) is 10.9 Å². The molecule has 0 atom stereocenters. The molecule has 2 amide bonds. The number of anilines is 2. The van der Waals surface area contributed by atoms with Crippen LogP contribution in [0.4, 0.5) is 11.4 Å². The average molecular weight is 420 g/mol. The maximum Gasteiger partial charge on any atom is 0.262 e. The molecular weight excluding hydrogens is 396 g/mol. The van der Waals surface area contributed by atoms with Crippen LogP contribution >= 0.6 is 0 Å². The van der Waals surface area contributed by atoms with E-state index >= 15 is 0 Å². The summed E-state index contributed by atoms with van der Waals surface area (Å²) in [4.78, 5) is 41.0. The minimum atomic E-state index is -0.350.